The molecule has 0 spiro atoms. The highest BCUT2D eigenvalue weighted by molar-refractivity contribution is 5.25. The molecule has 0 radical (unpaired) electrons. The largest absolute Gasteiger partial charge is 0.392 e. The van der Waals surface area contributed by atoms with Gasteiger partial charge in [0.05, 0.1) is 18.8 Å². The van der Waals surface area contributed by atoms with Crippen LogP contribution in [0.4, 0.5) is 0 Å². The summed E-state index contributed by atoms with van der Waals surface area (Å²) in [6, 6.07) is 6.90. The van der Waals surface area contributed by atoms with Crippen LogP contribution in [0, 0.1) is 0 Å². The van der Waals surface area contributed by atoms with Crippen LogP contribution in [0.3, 0.4) is 0 Å². The Morgan fingerprint density at radius 3 is 2.69 bits per heavy atom. The first-order valence-electron chi connectivity index (χ1n) is 4.28. The molecule has 4 N–H and O–H groups in total. The minimum Gasteiger partial charge on any atom is -0.392 e. The van der Waals surface area contributed by atoms with Crippen molar-refractivity contribution in [2.75, 3.05) is 0 Å². The summed E-state index contributed by atoms with van der Waals surface area (Å²) in [5, 5.41) is 18.1. The quantitative estimate of drug-likeness (QED) is 0.638. The number of aliphatic hydroxyl groups is 2. The molecule has 0 aliphatic rings. The van der Waals surface area contributed by atoms with Gasteiger partial charge < -0.3 is 15.9 Å². The van der Waals surface area contributed by atoms with E-state index in [0.717, 1.165) is 11.1 Å². The average Bonchev–Trinajstić information content (AvgIpc) is 2.16. The third-order valence-electron chi connectivity index (χ3n) is 2.04. The fraction of sp³-hybridized carbons (Fsp3) is 0.400. The number of aliphatic hydroxyl groups excluding tert-OH is 2. The maximum absolute atomic E-state index is 9.25. The van der Waals surface area contributed by atoms with E-state index >= 15 is 0 Å². The molecule has 0 amide bonds. The minimum absolute atomic E-state index is 0.000367. The van der Waals surface area contributed by atoms with E-state index in [1.165, 1.54) is 0 Å². The van der Waals surface area contributed by atoms with Gasteiger partial charge in [-0.1, -0.05) is 24.3 Å². The van der Waals surface area contributed by atoms with E-state index in [1.54, 1.807) is 13.0 Å². The molecular formula is C10H15NO2. The lowest BCUT2D eigenvalue weighted by Gasteiger charge is -2.15. The molecule has 0 aliphatic heterocycles. The summed E-state index contributed by atoms with van der Waals surface area (Å²) in [7, 11) is 0. The molecular weight excluding hydrogens is 166 g/mol. The molecule has 0 heterocycles. The summed E-state index contributed by atoms with van der Waals surface area (Å²) >= 11 is 0. The molecule has 1 aromatic carbocycles. The molecule has 0 aliphatic carbocycles. The van der Waals surface area contributed by atoms with Crippen molar-refractivity contribution in [3.05, 3.63) is 35.4 Å². The van der Waals surface area contributed by atoms with Gasteiger partial charge in [-0.3, -0.25) is 0 Å². The van der Waals surface area contributed by atoms with Gasteiger partial charge in [-0.2, -0.15) is 0 Å². The van der Waals surface area contributed by atoms with E-state index in [2.05, 4.69) is 0 Å². The second kappa shape index (κ2) is 4.37. The molecule has 3 heteroatoms. The Balaban J connectivity index is 2.88. The second-order valence-corrected chi connectivity index (χ2v) is 3.17. The third kappa shape index (κ3) is 2.52. The average molecular weight is 181 g/mol. The predicted molar refractivity (Wildman–Crippen MR) is 51.0 cm³/mol. The topological polar surface area (TPSA) is 66.5 Å². The first-order chi connectivity index (χ1) is 6.15. The number of nitrogens with two attached hydrogens (primary N) is 1. The van der Waals surface area contributed by atoms with E-state index in [4.69, 9.17) is 10.8 Å². The Morgan fingerprint density at radius 1 is 1.46 bits per heavy atom. The molecule has 3 nitrogen and oxygen atoms in total. The molecule has 1 rings (SSSR count). The minimum atomic E-state index is -0.575. The van der Waals surface area contributed by atoms with E-state index in [1.807, 2.05) is 18.2 Å². The molecule has 0 saturated carbocycles. The summed E-state index contributed by atoms with van der Waals surface area (Å²) < 4.78 is 0. The van der Waals surface area contributed by atoms with Gasteiger partial charge in [0, 0.05) is 0 Å². The highest BCUT2D eigenvalue weighted by Crippen LogP contribution is 2.15. The highest BCUT2D eigenvalue weighted by atomic mass is 16.3. The van der Waals surface area contributed by atoms with Crippen LogP contribution in [0.25, 0.3) is 0 Å². The fourth-order valence-corrected chi connectivity index (χ4v) is 1.18. The Morgan fingerprint density at radius 2 is 2.15 bits per heavy atom. The monoisotopic (exact) mass is 181 g/mol. The van der Waals surface area contributed by atoms with Gasteiger partial charge >= 0.3 is 0 Å². The standard InChI is InChI=1S/C10H15NO2/c1-7(13)10(11)9-4-2-3-8(5-9)6-12/h2-5,7,10,12-13H,6,11H2,1H3/t7-,10-/m0/s1. The van der Waals surface area contributed by atoms with E-state index < -0.39 is 6.10 Å². The van der Waals surface area contributed by atoms with Gasteiger partial charge in [-0.05, 0) is 18.1 Å². The first-order valence-corrected chi connectivity index (χ1v) is 4.28. The van der Waals surface area contributed by atoms with Crippen LogP contribution in [-0.4, -0.2) is 16.3 Å². The lowest BCUT2D eigenvalue weighted by atomic mass is 10.0. The number of hydrogen-bond donors (Lipinski definition) is 3. The normalized spacial score (nSPS) is 15.4. The maximum Gasteiger partial charge on any atom is 0.0704 e. The van der Waals surface area contributed by atoms with Crippen LogP contribution in [0.2, 0.25) is 0 Å². The van der Waals surface area contributed by atoms with Crippen LogP contribution in [0.5, 0.6) is 0 Å². The number of benzene rings is 1. The SMILES string of the molecule is C[C@H](O)[C@H](N)c1cccc(CO)c1. The summed E-state index contributed by atoms with van der Waals surface area (Å²) in [5.41, 5.74) is 7.39. The van der Waals surface area contributed by atoms with Crippen LogP contribution >= 0.6 is 0 Å². The van der Waals surface area contributed by atoms with Crippen molar-refractivity contribution < 1.29 is 10.2 Å². The maximum atomic E-state index is 9.25. The lowest BCUT2D eigenvalue weighted by molar-refractivity contribution is 0.164. The van der Waals surface area contributed by atoms with Crippen molar-refractivity contribution >= 4 is 0 Å². The zero-order chi connectivity index (χ0) is 9.84. The molecule has 0 aromatic heterocycles. The van der Waals surface area contributed by atoms with Crippen LogP contribution in [-0.2, 0) is 6.61 Å². The predicted octanol–water partition coefficient (Wildman–Crippen LogP) is 0.560. The van der Waals surface area contributed by atoms with Crippen molar-refractivity contribution in [3.8, 4) is 0 Å². The highest BCUT2D eigenvalue weighted by Gasteiger charge is 2.11. The molecule has 0 fully saturated rings. The number of rotatable bonds is 3. The first kappa shape index (κ1) is 10.2. The van der Waals surface area contributed by atoms with Crippen molar-refractivity contribution in [3.63, 3.8) is 0 Å². The van der Waals surface area contributed by atoms with Crippen LogP contribution in [0.15, 0.2) is 24.3 Å². The van der Waals surface area contributed by atoms with Gasteiger partial charge in [-0.15, -0.1) is 0 Å². The molecule has 72 valence electrons. The van der Waals surface area contributed by atoms with Gasteiger partial charge in [0.2, 0.25) is 0 Å². The summed E-state index contributed by atoms with van der Waals surface area (Å²) in [5.74, 6) is 0. The van der Waals surface area contributed by atoms with Crippen LogP contribution < -0.4 is 5.73 Å². The number of hydrogen-bond acceptors (Lipinski definition) is 3. The zero-order valence-electron chi connectivity index (χ0n) is 7.64. The summed E-state index contributed by atoms with van der Waals surface area (Å²) in [6.07, 6.45) is -0.575. The van der Waals surface area contributed by atoms with Gasteiger partial charge in [0.1, 0.15) is 0 Å². The third-order valence-corrected chi connectivity index (χ3v) is 2.04. The molecule has 0 unspecified atom stereocenters. The van der Waals surface area contributed by atoms with E-state index in [-0.39, 0.29) is 12.6 Å². The van der Waals surface area contributed by atoms with Gasteiger partial charge in [0.25, 0.3) is 0 Å². The Hall–Kier alpha value is -0.900. The molecule has 0 bridgehead atoms. The Kier molecular flexibility index (Phi) is 3.42. The van der Waals surface area contributed by atoms with E-state index in [9.17, 15) is 5.11 Å². The van der Waals surface area contributed by atoms with Gasteiger partial charge in [-0.25, -0.2) is 0 Å². The van der Waals surface area contributed by atoms with Crippen molar-refractivity contribution in [2.24, 2.45) is 5.73 Å². The fourth-order valence-electron chi connectivity index (χ4n) is 1.18. The molecule has 2 atom stereocenters. The summed E-state index contributed by atoms with van der Waals surface area (Å²) in [4.78, 5) is 0. The zero-order valence-corrected chi connectivity index (χ0v) is 7.64. The Bertz CT molecular complexity index is 273. The molecule has 0 saturated heterocycles. The van der Waals surface area contributed by atoms with E-state index in [0.29, 0.717) is 0 Å². The van der Waals surface area contributed by atoms with Gasteiger partial charge in [0.15, 0.2) is 0 Å². The Labute approximate surface area is 77.8 Å². The van der Waals surface area contributed by atoms with Crippen LogP contribution in [0.1, 0.15) is 24.1 Å². The van der Waals surface area contributed by atoms with Crippen molar-refractivity contribution in [1.82, 2.24) is 0 Å². The summed E-state index contributed by atoms with van der Waals surface area (Å²) in [6.45, 7) is 1.65. The van der Waals surface area contributed by atoms with Crippen molar-refractivity contribution in [1.29, 1.82) is 0 Å². The second-order valence-electron chi connectivity index (χ2n) is 3.17. The van der Waals surface area contributed by atoms with Crippen molar-refractivity contribution in [2.45, 2.75) is 25.7 Å². The molecule has 13 heavy (non-hydrogen) atoms. The lowest BCUT2D eigenvalue weighted by Crippen LogP contribution is -2.23. The molecule has 1 aromatic rings. The smallest absolute Gasteiger partial charge is 0.0704 e.